The molecule has 1 heterocycles. The fourth-order valence-electron chi connectivity index (χ4n) is 2.73. The van der Waals surface area contributed by atoms with Crippen LogP contribution in [0.3, 0.4) is 0 Å². The smallest absolute Gasteiger partial charge is 0.225 e. The fourth-order valence-corrected chi connectivity index (χ4v) is 3.53. The predicted octanol–water partition coefficient (Wildman–Crippen LogP) is 4.81. The summed E-state index contributed by atoms with van der Waals surface area (Å²) in [5.74, 6) is 0.0421. The Balaban J connectivity index is 1.77. The van der Waals surface area contributed by atoms with Crippen LogP contribution < -0.4 is 5.32 Å². The van der Waals surface area contributed by atoms with E-state index >= 15 is 0 Å². The maximum Gasteiger partial charge on any atom is 0.225 e. The van der Waals surface area contributed by atoms with Crippen molar-refractivity contribution in [2.45, 2.75) is 26.3 Å². The van der Waals surface area contributed by atoms with Gasteiger partial charge in [0, 0.05) is 4.88 Å². The highest BCUT2D eigenvalue weighted by atomic mass is 32.1. The van der Waals surface area contributed by atoms with Crippen LogP contribution in [0.2, 0.25) is 0 Å². The van der Waals surface area contributed by atoms with Crippen LogP contribution in [-0.4, -0.2) is 5.91 Å². The zero-order chi connectivity index (χ0) is 16.9. The minimum atomic E-state index is -0.0924. The molecule has 3 heteroatoms. The van der Waals surface area contributed by atoms with E-state index in [4.69, 9.17) is 0 Å². The van der Waals surface area contributed by atoms with E-state index in [0.29, 0.717) is 6.42 Å². The number of benzene rings is 2. The molecule has 1 atom stereocenters. The lowest BCUT2D eigenvalue weighted by Crippen LogP contribution is -2.30. The lowest BCUT2D eigenvalue weighted by Gasteiger charge is -2.18. The number of rotatable bonds is 5. The molecule has 122 valence electrons. The Morgan fingerprint density at radius 2 is 1.79 bits per heavy atom. The van der Waals surface area contributed by atoms with E-state index in [9.17, 15) is 4.79 Å². The van der Waals surface area contributed by atoms with Crippen LogP contribution in [0.25, 0.3) is 0 Å². The van der Waals surface area contributed by atoms with Gasteiger partial charge in [0.05, 0.1) is 12.5 Å². The summed E-state index contributed by atoms with van der Waals surface area (Å²) >= 11 is 1.66. The van der Waals surface area contributed by atoms with Gasteiger partial charge in [-0.2, -0.15) is 0 Å². The molecule has 24 heavy (non-hydrogen) atoms. The average molecular weight is 335 g/mol. The van der Waals surface area contributed by atoms with Gasteiger partial charge in [0.15, 0.2) is 0 Å². The van der Waals surface area contributed by atoms with E-state index in [0.717, 1.165) is 16.0 Å². The number of nitrogens with one attached hydrogen (secondary N) is 1. The lowest BCUT2D eigenvalue weighted by molar-refractivity contribution is -0.120. The standard InChI is InChI=1S/C21H21NOS/c1-15-10-11-17(13-16(15)2)14-20(23)22-21(19-9-6-12-24-19)18-7-4-3-5-8-18/h3-13,21H,14H2,1-2H3,(H,22,23)/t21-/m0/s1. The summed E-state index contributed by atoms with van der Waals surface area (Å²) in [6.45, 7) is 4.16. The van der Waals surface area contributed by atoms with Gasteiger partial charge in [-0.05, 0) is 47.5 Å². The van der Waals surface area contributed by atoms with E-state index in [-0.39, 0.29) is 11.9 Å². The third kappa shape index (κ3) is 3.92. The molecule has 1 aromatic heterocycles. The van der Waals surface area contributed by atoms with Crippen molar-refractivity contribution in [2.75, 3.05) is 0 Å². The third-order valence-electron chi connectivity index (χ3n) is 4.20. The van der Waals surface area contributed by atoms with Crippen molar-refractivity contribution < 1.29 is 4.79 Å². The second-order valence-electron chi connectivity index (χ2n) is 6.02. The first kappa shape index (κ1) is 16.5. The van der Waals surface area contributed by atoms with E-state index in [2.05, 4.69) is 49.5 Å². The molecule has 3 rings (SSSR count). The number of hydrogen-bond acceptors (Lipinski definition) is 2. The number of hydrogen-bond donors (Lipinski definition) is 1. The molecule has 0 aliphatic heterocycles. The molecule has 0 saturated carbocycles. The van der Waals surface area contributed by atoms with Gasteiger partial charge in [-0.15, -0.1) is 11.3 Å². The van der Waals surface area contributed by atoms with E-state index in [1.165, 1.54) is 11.1 Å². The molecule has 2 aromatic carbocycles. The molecule has 0 bridgehead atoms. The van der Waals surface area contributed by atoms with Crippen molar-refractivity contribution in [3.05, 3.63) is 93.2 Å². The van der Waals surface area contributed by atoms with Crippen LogP contribution in [0.15, 0.2) is 66.0 Å². The quantitative estimate of drug-likeness (QED) is 0.712. The topological polar surface area (TPSA) is 29.1 Å². The zero-order valence-electron chi connectivity index (χ0n) is 14.0. The number of carbonyl (C=O) groups excluding carboxylic acids is 1. The Kier molecular flexibility index (Phi) is 5.11. The number of carbonyl (C=O) groups is 1. The van der Waals surface area contributed by atoms with Gasteiger partial charge in [-0.1, -0.05) is 54.6 Å². The molecule has 0 spiro atoms. The monoisotopic (exact) mass is 335 g/mol. The van der Waals surface area contributed by atoms with Crippen molar-refractivity contribution in [3.63, 3.8) is 0 Å². The Hall–Kier alpha value is -2.39. The van der Waals surface area contributed by atoms with Crippen molar-refractivity contribution in [1.82, 2.24) is 5.32 Å². The molecular formula is C21H21NOS. The minimum Gasteiger partial charge on any atom is -0.344 e. The molecule has 1 amide bonds. The summed E-state index contributed by atoms with van der Waals surface area (Å²) < 4.78 is 0. The molecule has 0 aliphatic rings. The van der Waals surface area contributed by atoms with Gasteiger partial charge in [-0.3, -0.25) is 4.79 Å². The molecule has 0 fully saturated rings. The molecular weight excluding hydrogens is 314 g/mol. The van der Waals surface area contributed by atoms with E-state index in [1.54, 1.807) is 11.3 Å². The normalized spacial score (nSPS) is 11.9. The Bertz CT molecular complexity index is 809. The second kappa shape index (κ2) is 7.45. The summed E-state index contributed by atoms with van der Waals surface area (Å²) in [6.07, 6.45) is 0.399. The van der Waals surface area contributed by atoms with Crippen LogP contribution in [-0.2, 0) is 11.2 Å². The third-order valence-corrected chi connectivity index (χ3v) is 5.14. The minimum absolute atomic E-state index is 0.0421. The van der Waals surface area contributed by atoms with Crippen LogP contribution in [0.4, 0.5) is 0 Å². The van der Waals surface area contributed by atoms with Crippen molar-refractivity contribution in [3.8, 4) is 0 Å². The maximum atomic E-state index is 12.6. The van der Waals surface area contributed by atoms with E-state index < -0.39 is 0 Å². The lowest BCUT2D eigenvalue weighted by atomic mass is 10.0. The van der Waals surface area contributed by atoms with Crippen LogP contribution in [0.5, 0.6) is 0 Å². The maximum absolute atomic E-state index is 12.6. The predicted molar refractivity (Wildman–Crippen MR) is 100 cm³/mol. The first-order valence-electron chi connectivity index (χ1n) is 8.07. The number of thiophene rings is 1. The number of aryl methyl sites for hydroxylation is 2. The summed E-state index contributed by atoms with van der Waals surface area (Å²) in [5, 5.41) is 5.23. The van der Waals surface area contributed by atoms with Crippen molar-refractivity contribution in [1.29, 1.82) is 0 Å². The second-order valence-corrected chi connectivity index (χ2v) is 7.00. The van der Waals surface area contributed by atoms with Gasteiger partial charge in [0.1, 0.15) is 0 Å². The fraction of sp³-hybridized carbons (Fsp3) is 0.190. The summed E-state index contributed by atoms with van der Waals surface area (Å²) in [7, 11) is 0. The highest BCUT2D eigenvalue weighted by Gasteiger charge is 2.17. The number of amides is 1. The van der Waals surface area contributed by atoms with Crippen LogP contribution in [0, 0.1) is 13.8 Å². The van der Waals surface area contributed by atoms with Crippen molar-refractivity contribution >= 4 is 17.2 Å². The Morgan fingerprint density at radius 1 is 1.00 bits per heavy atom. The highest BCUT2D eigenvalue weighted by molar-refractivity contribution is 7.10. The molecule has 0 unspecified atom stereocenters. The van der Waals surface area contributed by atoms with Gasteiger partial charge in [0.2, 0.25) is 5.91 Å². The SMILES string of the molecule is Cc1ccc(CC(=O)N[C@@H](c2ccccc2)c2cccs2)cc1C. The molecule has 3 aromatic rings. The first-order valence-corrected chi connectivity index (χ1v) is 8.95. The van der Waals surface area contributed by atoms with Crippen molar-refractivity contribution in [2.24, 2.45) is 0 Å². The highest BCUT2D eigenvalue weighted by Crippen LogP contribution is 2.26. The molecule has 1 N–H and O–H groups in total. The Morgan fingerprint density at radius 3 is 2.46 bits per heavy atom. The summed E-state index contributed by atoms with van der Waals surface area (Å²) in [4.78, 5) is 13.7. The molecule has 0 radical (unpaired) electrons. The van der Waals surface area contributed by atoms with Gasteiger partial charge >= 0.3 is 0 Å². The first-order chi connectivity index (χ1) is 11.6. The molecule has 0 aliphatic carbocycles. The summed E-state index contributed by atoms with van der Waals surface area (Å²) in [6, 6.07) is 20.3. The zero-order valence-corrected chi connectivity index (χ0v) is 14.8. The molecule has 0 saturated heterocycles. The summed E-state index contributed by atoms with van der Waals surface area (Å²) in [5.41, 5.74) is 4.63. The Labute approximate surface area is 147 Å². The largest absolute Gasteiger partial charge is 0.344 e. The van der Waals surface area contributed by atoms with Crippen LogP contribution in [0.1, 0.15) is 33.2 Å². The van der Waals surface area contributed by atoms with Gasteiger partial charge in [-0.25, -0.2) is 0 Å². The average Bonchev–Trinajstić information content (AvgIpc) is 3.11. The van der Waals surface area contributed by atoms with Gasteiger partial charge in [0.25, 0.3) is 0 Å². The van der Waals surface area contributed by atoms with Gasteiger partial charge < -0.3 is 5.32 Å². The van der Waals surface area contributed by atoms with Crippen LogP contribution >= 0.6 is 11.3 Å². The van der Waals surface area contributed by atoms with E-state index in [1.807, 2.05) is 35.7 Å². The molecule has 2 nitrogen and oxygen atoms in total.